The van der Waals surface area contributed by atoms with Crippen molar-refractivity contribution in [2.75, 3.05) is 6.61 Å². The summed E-state index contributed by atoms with van der Waals surface area (Å²) < 4.78 is 16.0. The highest BCUT2D eigenvalue weighted by Gasteiger charge is 2.47. The number of hydrogen-bond donors (Lipinski definition) is 5. The van der Waals surface area contributed by atoms with E-state index in [4.69, 9.17) is 14.2 Å². The Morgan fingerprint density at radius 1 is 1.23 bits per heavy atom. The highest BCUT2D eigenvalue weighted by molar-refractivity contribution is 5.87. The molecule has 2 rings (SSSR count). The zero-order chi connectivity index (χ0) is 19.4. The molecule has 0 amide bonds. The molecule has 8 atom stereocenters. The number of aldehydes is 1. The molecular formula is C16H22O10. The van der Waals surface area contributed by atoms with E-state index in [1.807, 2.05) is 0 Å². The topological polar surface area (TPSA) is 163 Å². The maximum atomic E-state index is 11.3. The van der Waals surface area contributed by atoms with Crippen molar-refractivity contribution in [2.45, 2.75) is 43.4 Å². The molecule has 0 radical (unpaired) electrons. The van der Waals surface area contributed by atoms with Crippen LogP contribution in [0.2, 0.25) is 0 Å². The van der Waals surface area contributed by atoms with Crippen molar-refractivity contribution in [1.29, 1.82) is 0 Å². The molecule has 146 valence electrons. The highest BCUT2D eigenvalue weighted by Crippen LogP contribution is 2.36. The van der Waals surface area contributed by atoms with E-state index in [1.165, 1.54) is 6.08 Å². The molecule has 2 heterocycles. The lowest BCUT2D eigenvalue weighted by molar-refractivity contribution is -0.339. The van der Waals surface area contributed by atoms with E-state index in [-0.39, 0.29) is 12.0 Å². The summed E-state index contributed by atoms with van der Waals surface area (Å²) >= 11 is 0. The van der Waals surface area contributed by atoms with Crippen molar-refractivity contribution in [3.8, 4) is 0 Å². The summed E-state index contributed by atoms with van der Waals surface area (Å²) in [6.07, 6.45) is -5.86. The third-order valence-electron chi connectivity index (χ3n) is 4.49. The first kappa shape index (κ1) is 20.5. The summed E-state index contributed by atoms with van der Waals surface area (Å²) in [7, 11) is 0. The average molecular weight is 374 g/mol. The van der Waals surface area contributed by atoms with Gasteiger partial charge in [-0.2, -0.15) is 0 Å². The molecule has 0 aromatic rings. The lowest BCUT2D eigenvalue weighted by Crippen LogP contribution is -2.60. The van der Waals surface area contributed by atoms with Crippen molar-refractivity contribution in [2.24, 2.45) is 11.8 Å². The van der Waals surface area contributed by atoms with Crippen molar-refractivity contribution in [3.05, 3.63) is 24.5 Å². The second-order valence-corrected chi connectivity index (χ2v) is 6.04. The Kier molecular flexibility index (Phi) is 6.87. The van der Waals surface area contributed by atoms with E-state index in [9.17, 15) is 35.1 Å². The van der Waals surface area contributed by atoms with Crippen molar-refractivity contribution in [1.82, 2.24) is 0 Å². The Hall–Kier alpha value is -1.82. The quantitative estimate of drug-likeness (QED) is 0.252. The van der Waals surface area contributed by atoms with Crippen LogP contribution in [0.15, 0.2) is 24.5 Å². The van der Waals surface area contributed by atoms with Gasteiger partial charge in [-0.15, -0.1) is 6.58 Å². The fourth-order valence-corrected chi connectivity index (χ4v) is 3.02. The van der Waals surface area contributed by atoms with Gasteiger partial charge in [0.2, 0.25) is 6.29 Å². The lowest BCUT2D eigenvalue weighted by atomic mass is 9.82. The second kappa shape index (κ2) is 8.71. The van der Waals surface area contributed by atoms with Gasteiger partial charge in [0.1, 0.15) is 30.7 Å². The van der Waals surface area contributed by atoms with Crippen molar-refractivity contribution >= 4 is 12.3 Å². The van der Waals surface area contributed by atoms with Gasteiger partial charge >= 0.3 is 5.97 Å². The Morgan fingerprint density at radius 2 is 1.92 bits per heavy atom. The van der Waals surface area contributed by atoms with E-state index in [0.29, 0.717) is 6.29 Å². The number of carbonyl (C=O) groups excluding carboxylic acids is 1. The Bertz CT molecular complexity index is 559. The number of aliphatic hydroxyl groups excluding tert-OH is 4. The smallest absolute Gasteiger partial charge is 0.335 e. The summed E-state index contributed by atoms with van der Waals surface area (Å²) in [6, 6.07) is 0. The number of hydrogen-bond acceptors (Lipinski definition) is 9. The van der Waals surface area contributed by atoms with E-state index in [0.717, 1.165) is 6.26 Å². The zero-order valence-corrected chi connectivity index (χ0v) is 13.7. The molecule has 10 nitrogen and oxygen atoms in total. The van der Waals surface area contributed by atoms with E-state index >= 15 is 0 Å². The first-order valence-corrected chi connectivity index (χ1v) is 7.96. The normalized spacial score (nSPS) is 40.2. The van der Waals surface area contributed by atoms with Crippen LogP contribution in [0.25, 0.3) is 0 Å². The molecule has 0 unspecified atom stereocenters. The van der Waals surface area contributed by atoms with Gasteiger partial charge in [-0.05, 0) is 0 Å². The fourth-order valence-electron chi connectivity index (χ4n) is 3.02. The zero-order valence-electron chi connectivity index (χ0n) is 13.7. The predicted octanol–water partition coefficient (Wildman–Crippen LogP) is -1.86. The molecule has 0 spiro atoms. The lowest BCUT2D eigenvalue weighted by Gasteiger charge is -2.42. The number of carboxylic acid groups (broad SMARTS) is 1. The molecule has 0 saturated carbocycles. The van der Waals surface area contributed by atoms with Crippen LogP contribution in [0.3, 0.4) is 0 Å². The molecule has 0 aromatic heterocycles. The number of rotatable bonds is 7. The van der Waals surface area contributed by atoms with Gasteiger partial charge in [0.25, 0.3) is 0 Å². The standard InChI is InChI=1S/C16H22O10/c1-2-7-8(3-4-17)9(14(22)23)6-24-15(7)26-16-13(21)12(20)11(19)10(5-18)25-16/h2,4,6-8,10-13,15-16,18-21H,1,3,5H2,(H,22,23)/t7-,8-,10-,11-,12+,13-,15+,16+/m1/s1. The number of aliphatic hydroxyl groups is 4. The summed E-state index contributed by atoms with van der Waals surface area (Å²) in [5.74, 6) is -2.79. The summed E-state index contributed by atoms with van der Waals surface area (Å²) in [5, 5.41) is 48.0. The fraction of sp³-hybridized carbons (Fsp3) is 0.625. The molecule has 2 aliphatic rings. The van der Waals surface area contributed by atoms with Gasteiger partial charge in [-0.1, -0.05) is 6.08 Å². The molecule has 10 heteroatoms. The number of carbonyl (C=O) groups is 2. The van der Waals surface area contributed by atoms with Crippen LogP contribution in [0.1, 0.15) is 6.42 Å². The third-order valence-corrected chi connectivity index (χ3v) is 4.49. The Labute approximate surface area is 148 Å². The van der Waals surface area contributed by atoms with E-state index < -0.39 is 61.4 Å². The first-order chi connectivity index (χ1) is 12.3. The minimum atomic E-state index is -1.64. The predicted molar refractivity (Wildman–Crippen MR) is 83.3 cm³/mol. The van der Waals surface area contributed by atoms with Crippen LogP contribution in [-0.2, 0) is 23.8 Å². The van der Waals surface area contributed by atoms with Gasteiger partial charge < -0.3 is 44.5 Å². The summed E-state index contributed by atoms with van der Waals surface area (Å²) in [4.78, 5) is 22.2. The van der Waals surface area contributed by atoms with Gasteiger partial charge in [0, 0.05) is 18.3 Å². The Balaban J connectivity index is 2.20. The molecular weight excluding hydrogens is 352 g/mol. The van der Waals surface area contributed by atoms with Gasteiger partial charge in [0.05, 0.1) is 18.4 Å². The van der Waals surface area contributed by atoms with Gasteiger partial charge in [-0.3, -0.25) is 0 Å². The number of carboxylic acids is 1. The van der Waals surface area contributed by atoms with E-state index in [1.54, 1.807) is 0 Å². The maximum Gasteiger partial charge on any atom is 0.335 e. The van der Waals surface area contributed by atoms with Crippen molar-refractivity contribution in [3.63, 3.8) is 0 Å². The van der Waals surface area contributed by atoms with Crippen LogP contribution < -0.4 is 0 Å². The minimum Gasteiger partial charge on any atom is -0.478 e. The van der Waals surface area contributed by atoms with Crippen molar-refractivity contribution < 1.29 is 49.3 Å². The number of aliphatic carboxylic acids is 1. The first-order valence-electron chi connectivity index (χ1n) is 7.96. The monoisotopic (exact) mass is 374 g/mol. The molecule has 2 aliphatic heterocycles. The molecule has 1 saturated heterocycles. The maximum absolute atomic E-state index is 11.3. The third kappa shape index (κ3) is 3.95. The minimum absolute atomic E-state index is 0.118. The summed E-state index contributed by atoms with van der Waals surface area (Å²) in [6.45, 7) is 2.98. The molecule has 0 bridgehead atoms. The molecule has 5 N–H and O–H groups in total. The molecule has 0 aliphatic carbocycles. The second-order valence-electron chi connectivity index (χ2n) is 6.04. The van der Waals surface area contributed by atoms with Crippen LogP contribution in [-0.4, -0.2) is 81.4 Å². The average Bonchev–Trinajstić information content (AvgIpc) is 2.62. The van der Waals surface area contributed by atoms with Crippen LogP contribution in [0.4, 0.5) is 0 Å². The molecule has 0 aromatic carbocycles. The molecule has 1 fully saturated rings. The van der Waals surface area contributed by atoms with E-state index in [2.05, 4.69) is 6.58 Å². The highest BCUT2D eigenvalue weighted by atomic mass is 16.8. The van der Waals surface area contributed by atoms with Gasteiger partial charge in [-0.25, -0.2) is 4.79 Å². The molecule has 26 heavy (non-hydrogen) atoms. The largest absolute Gasteiger partial charge is 0.478 e. The van der Waals surface area contributed by atoms with Gasteiger partial charge in [0.15, 0.2) is 6.29 Å². The number of ether oxygens (including phenoxy) is 3. The van der Waals surface area contributed by atoms with Crippen LogP contribution in [0, 0.1) is 11.8 Å². The summed E-state index contributed by atoms with van der Waals surface area (Å²) in [5.41, 5.74) is -0.129. The Morgan fingerprint density at radius 3 is 2.46 bits per heavy atom. The van der Waals surface area contributed by atoms with Crippen LogP contribution >= 0.6 is 0 Å². The SMILES string of the molecule is C=C[C@H]1[C@H](O[C@@H]2O[C@H](CO)[C@@H](O)[C@H](O)[C@H]2O)OC=C(C(=O)O)[C@@H]1CC=O. The van der Waals surface area contributed by atoms with Crippen LogP contribution in [0.5, 0.6) is 0 Å².